The van der Waals surface area contributed by atoms with Crippen LogP contribution in [0.3, 0.4) is 0 Å². The van der Waals surface area contributed by atoms with Gasteiger partial charge in [-0.3, -0.25) is 4.79 Å². The summed E-state index contributed by atoms with van der Waals surface area (Å²) in [5.41, 5.74) is 5.95. The van der Waals surface area contributed by atoms with E-state index in [4.69, 9.17) is 5.73 Å². The molecule has 1 aromatic carbocycles. The Balaban J connectivity index is 2.19. The number of rotatable bonds is 5. The maximum atomic E-state index is 12.2. The molecule has 1 saturated carbocycles. The van der Waals surface area contributed by atoms with Crippen molar-refractivity contribution < 1.29 is 14.7 Å². The van der Waals surface area contributed by atoms with Gasteiger partial charge in [-0.05, 0) is 52.9 Å². The Morgan fingerprint density at radius 1 is 1.33 bits per heavy atom. The molecule has 0 heterocycles. The first kappa shape index (κ1) is 16.5. The summed E-state index contributed by atoms with van der Waals surface area (Å²) in [4.78, 5) is 23.5. The Labute approximate surface area is 139 Å². The lowest BCUT2D eigenvalue weighted by Crippen LogP contribution is -2.40. The van der Waals surface area contributed by atoms with E-state index in [1.54, 1.807) is 6.07 Å². The number of nitrogens with one attached hydrogen (secondary N) is 1. The zero-order valence-corrected chi connectivity index (χ0v) is 14.5. The van der Waals surface area contributed by atoms with Crippen LogP contribution in [0.15, 0.2) is 21.1 Å². The van der Waals surface area contributed by atoms with Crippen molar-refractivity contribution >= 4 is 49.4 Å². The fraction of sp³-hybridized carbons (Fsp3) is 0.429. The van der Waals surface area contributed by atoms with E-state index in [9.17, 15) is 14.7 Å². The van der Waals surface area contributed by atoms with Gasteiger partial charge in [0.25, 0.3) is 0 Å². The van der Waals surface area contributed by atoms with Crippen LogP contribution in [-0.4, -0.2) is 23.5 Å². The standard InChI is InChI=1S/C14H16Br2N2O3/c15-8-4-9(13(20)21)12(10(16)5-8)18-11(19)6-14(7-17)2-1-3-14/h4-5H,1-3,6-7,17H2,(H,18,19)(H,20,21). The van der Waals surface area contributed by atoms with Crippen LogP contribution in [0.5, 0.6) is 0 Å². The summed E-state index contributed by atoms with van der Waals surface area (Å²) in [5, 5.41) is 12.0. The Bertz CT molecular complexity index is 580. The van der Waals surface area contributed by atoms with Gasteiger partial charge in [-0.2, -0.15) is 0 Å². The maximum absolute atomic E-state index is 12.2. The summed E-state index contributed by atoms with van der Waals surface area (Å²) in [5.74, 6) is -1.30. The van der Waals surface area contributed by atoms with Crippen LogP contribution in [0, 0.1) is 5.41 Å². The van der Waals surface area contributed by atoms with Gasteiger partial charge in [0.05, 0.1) is 11.3 Å². The summed E-state index contributed by atoms with van der Waals surface area (Å²) in [6.45, 7) is 0.480. The minimum Gasteiger partial charge on any atom is -0.478 e. The van der Waals surface area contributed by atoms with Gasteiger partial charge in [-0.15, -0.1) is 0 Å². The van der Waals surface area contributed by atoms with E-state index in [1.165, 1.54) is 6.07 Å². The summed E-state index contributed by atoms with van der Waals surface area (Å²) in [6.07, 6.45) is 3.31. The topological polar surface area (TPSA) is 92.4 Å². The number of hydrogen-bond donors (Lipinski definition) is 3. The molecule has 0 radical (unpaired) electrons. The van der Waals surface area contributed by atoms with E-state index in [1.807, 2.05) is 0 Å². The third-order valence-electron chi connectivity index (χ3n) is 3.93. The Kier molecular flexibility index (Phi) is 5.06. The molecule has 0 bridgehead atoms. The van der Waals surface area contributed by atoms with E-state index in [2.05, 4.69) is 37.2 Å². The molecule has 1 fully saturated rings. The van der Waals surface area contributed by atoms with Gasteiger partial charge >= 0.3 is 5.97 Å². The molecule has 0 saturated heterocycles. The molecule has 0 aliphatic heterocycles. The lowest BCUT2D eigenvalue weighted by atomic mass is 9.66. The van der Waals surface area contributed by atoms with Crippen LogP contribution >= 0.6 is 31.9 Å². The van der Waals surface area contributed by atoms with Crippen molar-refractivity contribution in [3.8, 4) is 0 Å². The van der Waals surface area contributed by atoms with E-state index in [0.29, 0.717) is 21.9 Å². The average molecular weight is 420 g/mol. The highest BCUT2D eigenvalue weighted by molar-refractivity contribution is 9.11. The molecule has 0 spiro atoms. The minimum absolute atomic E-state index is 0.0417. The SMILES string of the molecule is NCC1(CC(=O)Nc2c(Br)cc(Br)cc2C(=O)O)CCC1. The van der Waals surface area contributed by atoms with Crippen LogP contribution in [-0.2, 0) is 4.79 Å². The van der Waals surface area contributed by atoms with E-state index < -0.39 is 5.97 Å². The summed E-state index contributed by atoms with van der Waals surface area (Å²) >= 11 is 6.53. The minimum atomic E-state index is -1.09. The molecule has 7 heteroatoms. The number of benzene rings is 1. The van der Waals surface area contributed by atoms with Crippen LogP contribution < -0.4 is 11.1 Å². The van der Waals surface area contributed by atoms with Crippen molar-refractivity contribution in [1.82, 2.24) is 0 Å². The molecule has 0 unspecified atom stereocenters. The van der Waals surface area contributed by atoms with Gasteiger partial charge in [0.2, 0.25) is 5.91 Å². The Hall–Kier alpha value is -0.920. The Morgan fingerprint density at radius 2 is 2.00 bits per heavy atom. The van der Waals surface area contributed by atoms with Gasteiger partial charge in [0, 0.05) is 15.4 Å². The van der Waals surface area contributed by atoms with E-state index in [-0.39, 0.29) is 22.6 Å². The van der Waals surface area contributed by atoms with Crippen LogP contribution in [0.4, 0.5) is 5.69 Å². The van der Waals surface area contributed by atoms with Crippen molar-refractivity contribution in [1.29, 1.82) is 0 Å². The largest absolute Gasteiger partial charge is 0.478 e. The number of nitrogens with two attached hydrogens (primary N) is 1. The number of carboxylic acid groups (broad SMARTS) is 1. The average Bonchev–Trinajstić information content (AvgIpc) is 2.36. The number of anilines is 1. The molecule has 1 aliphatic rings. The van der Waals surface area contributed by atoms with Gasteiger partial charge in [-0.25, -0.2) is 4.79 Å². The number of carbonyl (C=O) groups is 2. The van der Waals surface area contributed by atoms with Crippen LogP contribution in [0.25, 0.3) is 0 Å². The van der Waals surface area contributed by atoms with Gasteiger partial charge in [0.1, 0.15) is 0 Å². The molecule has 0 atom stereocenters. The van der Waals surface area contributed by atoms with Gasteiger partial charge in [-0.1, -0.05) is 22.4 Å². The predicted octanol–water partition coefficient (Wildman–Crippen LogP) is 3.37. The highest BCUT2D eigenvalue weighted by Gasteiger charge is 2.37. The molecule has 1 amide bonds. The third-order valence-corrected chi connectivity index (χ3v) is 5.02. The molecule has 114 valence electrons. The number of hydrogen-bond acceptors (Lipinski definition) is 3. The second-order valence-electron chi connectivity index (χ2n) is 5.40. The zero-order valence-electron chi connectivity index (χ0n) is 11.3. The first-order chi connectivity index (χ1) is 9.87. The monoisotopic (exact) mass is 418 g/mol. The van der Waals surface area contributed by atoms with Crippen molar-refractivity contribution in [2.24, 2.45) is 11.1 Å². The van der Waals surface area contributed by atoms with Gasteiger partial charge in [0.15, 0.2) is 0 Å². The molecule has 2 rings (SSSR count). The van der Waals surface area contributed by atoms with Crippen molar-refractivity contribution in [3.05, 3.63) is 26.6 Å². The normalized spacial score (nSPS) is 16.1. The third kappa shape index (κ3) is 3.64. The number of halogens is 2. The lowest BCUT2D eigenvalue weighted by molar-refractivity contribution is -0.119. The summed E-state index contributed by atoms with van der Waals surface area (Å²) in [7, 11) is 0. The van der Waals surface area contributed by atoms with Gasteiger partial charge < -0.3 is 16.2 Å². The molecule has 4 N–H and O–H groups in total. The quantitative estimate of drug-likeness (QED) is 0.682. The Morgan fingerprint density at radius 3 is 2.48 bits per heavy atom. The number of amides is 1. The molecular weight excluding hydrogens is 404 g/mol. The zero-order chi connectivity index (χ0) is 15.6. The first-order valence-electron chi connectivity index (χ1n) is 6.59. The van der Waals surface area contributed by atoms with Crippen LogP contribution in [0.1, 0.15) is 36.0 Å². The number of carbonyl (C=O) groups excluding carboxylic acids is 1. The number of carboxylic acids is 1. The lowest BCUT2D eigenvalue weighted by Gasteiger charge is -2.40. The predicted molar refractivity (Wildman–Crippen MR) is 87.4 cm³/mol. The van der Waals surface area contributed by atoms with Crippen molar-refractivity contribution in [2.45, 2.75) is 25.7 Å². The van der Waals surface area contributed by atoms with Crippen molar-refractivity contribution in [3.63, 3.8) is 0 Å². The maximum Gasteiger partial charge on any atom is 0.337 e. The summed E-state index contributed by atoms with van der Waals surface area (Å²) in [6, 6.07) is 3.16. The molecule has 1 aliphatic carbocycles. The molecule has 21 heavy (non-hydrogen) atoms. The fourth-order valence-electron chi connectivity index (χ4n) is 2.52. The summed E-state index contributed by atoms with van der Waals surface area (Å²) < 4.78 is 1.15. The smallest absolute Gasteiger partial charge is 0.337 e. The molecular formula is C14H16Br2N2O3. The van der Waals surface area contributed by atoms with Crippen LogP contribution in [0.2, 0.25) is 0 Å². The molecule has 0 aromatic heterocycles. The molecule has 1 aromatic rings. The highest BCUT2D eigenvalue weighted by Crippen LogP contribution is 2.43. The van der Waals surface area contributed by atoms with E-state index >= 15 is 0 Å². The number of aromatic carboxylic acids is 1. The molecule has 5 nitrogen and oxygen atoms in total. The second kappa shape index (κ2) is 6.46. The fourth-order valence-corrected chi connectivity index (χ4v) is 3.85. The highest BCUT2D eigenvalue weighted by atomic mass is 79.9. The second-order valence-corrected chi connectivity index (χ2v) is 7.17. The van der Waals surface area contributed by atoms with Crippen molar-refractivity contribution in [2.75, 3.05) is 11.9 Å². The van der Waals surface area contributed by atoms with E-state index in [0.717, 1.165) is 19.3 Å². The first-order valence-corrected chi connectivity index (χ1v) is 8.18.